The van der Waals surface area contributed by atoms with Gasteiger partial charge in [0.05, 0.1) is 12.7 Å². The minimum atomic E-state index is -0.995. The summed E-state index contributed by atoms with van der Waals surface area (Å²) in [6.07, 6.45) is -2.08. The molecule has 1 heterocycles. The van der Waals surface area contributed by atoms with Crippen molar-refractivity contribution in [2.45, 2.75) is 18.3 Å². The molecule has 3 atom stereocenters. The van der Waals surface area contributed by atoms with E-state index in [-0.39, 0.29) is 5.75 Å². The Kier molecular flexibility index (Phi) is 3.92. The van der Waals surface area contributed by atoms with E-state index in [1.165, 1.54) is 20.3 Å². The number of aliphatic hydroxyl groups excluding tert-OH is 1. The molecule has 0 fully saturated rings. The van der Waals surface area contributed by atoms with Crippen LogP contribution in [0.2, 0.25) is 0 Å². The number of fused-ring (bicyclic) bond motifs is 1. The summed E-state index contributed by atoms with van der Waals surface area (Å²) in [6, 6.07) is 12.6. The van der Waals surface area contributed by atoms with Gasteiger partial charge in [-0.15, -0.1) is 0 Å². The van der Waals surface area contributed by atoms with E-state index in [2.05, 4.69) is 0 Å². The van der Waals surface area contributed by atoms with E-state index in [0.717, 1.165) is 5.56 Å². The van der Waals surface area contributed by atoms with Gasteiger partial charge in [-0.3, -0.25) is 0 Å². The maximum Gasteiger partial charge on any atom is 0.153 e. The molecular weight excluding hydrogens is 284 g/mol. The highest BCUT2D eigenvalue weighted by molar-refractivity contribution is 5.53. The predicted molar refractivity (Wildman–Crippen MR) is 80.2 cm³/mol. The third-order valence-corrected chi connectivity index (χ3v) is 3.89. The Morgan fingerprint density at radius 3 is 2.45 bits per heavy atom. The summed E-state index contributed by atoms with van der Waals surface area (Å²) in [4.78, 5) is 0. The number of ether oxygens (including phenoxy) is 3. The van der Waals surface area contributed by atoms with Crippen LogP contribution in [0.1, 0.15) is 23.3 Å². The summed E-state index contributed by atoms with van der Waals surface area (Å²) in [5, 5.41) is 20.7. The maximum absolute atomic E-state index is 10.6. The standard InChI is InChI=1S/C17H18O5/c1-20-11-8-12(18)14-13(9-11)22-16(17(21-2)15(14)19)10-6-4-3-5-7-10/h3-9,15-19H,1-2H3/t15-,16-,17-/m1/s1. The lowest BCUT2D eigenvalue weighted by atomic mass is 9.91. The van der Waals surface area contributed by atoms with Crippen molar-refractivity contribution in [2.24, 2.45) is 0 Å². The minimum Gasteiger partial charge on any atom is -0.507 e. The summed E-state index contributed by atoms with van der Waals surface area (Å²) < 4.78 is 16.5. The summed E-state index contributed by atoms with van der Waals surface area (Å²) in [6.45, 7) is 0. The molecule has 0 unspecified atom stereocenters. The Labute approximate surface area is 128 Å². The first-order valence-electron chi connectivity index (χ1n) is 6.99. The zero-order valence-corrected chi connectivity index (χ0v) is 12.4. The van der Waals surface area contributed by atoms with Crippen LogP contribution in [-0.2, 0) is 4.74 Å². The second-order valence-corrected chi connectivity index (χ2v) is 5.15. The van der Waals surface area contributed by atoms with E-state index in [9.17, 15) is 10.2 Å². The van der Waals surface area contributed by atoms with Gasteiger partial charge in [0.1, 0.15) is 29.5 Å². The third-order valence-electron chi connectivity index (χ3n) is 3.89. The fourth-order valence-corrected chi connectivity index (χ4v) is 2.79. The second kappa shape index (κ2) is 5.87. The van der Waals surface area contributed by atoms with Crippen LogP contribution in [0.25, 0.3) is 0 Å². The van der Waals surface area contributed by atoms with Crippen molar-refractivity contribution < 1.29 is 24.4 Å². The Hall–Kier alpha value is -2.24. The molecule has 2 N–H and O–H groups in total. The molecule has 3 rings (SSSR count). The predicted octanol–water partition coefficient (Wildman–Crippen LogP) is 2.58. The van der Waals surface area contributed by atoms with Gasteiger partial charge in [0, 0.05) is 19.2 Å². The number of hydrogen-bond donors (Lipinski definition) is 2. The molecule has 0 aromatic heterocycles. The molecule has 2 aromatic rings. The van der Waals surface area contributed by atoms with E-state index >= 15 is 0 Å². The molecule has 22 heavy (non-hydrogen) atoms. The number of aliphatic hydroxyl groups is 1. The Bertz CT molecular complexity index is 656. The van der Waals surface area contributed by atoms with Gasteiger partial charge < -0.3 is 24.4 Å². The molecule has 0 amide bonds. The molecule has 0 saturated carbocycles. The lowest BCUT2D eigenvalue weighted by Gasteiger charge is -2.36. The number of phenolic OH excluding ortho intramolecular Hbond substituents is 1. The Morgan fingerprint density at radius 2 is 1.82 bits per heavy atom. The highest BCUT2D eigenvalue weighted by Crippen LogP contribution is 2.47. The number of rotatable bonds is 3. The molecule has 1 aliphatic rings. The number of methoxy groups -OCH3 is 2. The van der Waals surface area contributed by atoms with Crippen molar-refractivity contribution in [3.05, 3.63) is 53.6 Å². The van der Waals surface area contributed by atoms with Gasteiger partial charge in [-0.25, -0.2) is 0 Å². The van der Waals surface area contributed by atoms with E-state index in [4.69, 9.17) is 14.2 Å². The van der Waals surface area contributed by atoms with Crippen LogP contribution in [0.4, 0.5) is 0 Å². The Balaban J connectivity index is 2.08. The number of benzene rings is 2. The van der Waals surface area contributed by atoms with Gasteiger partial charge in [-0.05, 0) is 5.56 Å². The van der Waals surface area contributed by atoms with Crippen LogP contribution in [-0.4, -0.2) is 30.5 Å². The molecule has 0 spiro atoms. The first kappa shape index (κ1) is 14.7. The van der Waals surface area contributed by atoms with Crippen LogP contribution in [0.3, 0.4) is 0 Å². The van der Waals surface area contributed by atoms with Crippen molar-refractivity contribution in [1.29, 1.82) is 0 Å². The molecule has 0 radical (unpaired) electrons. The zero-order chi connectivity index (χ0) is 15.7. The summed E-state index contributed by atoms with van der Waals surface area (Å²) in [7, 11) is 3.02. The number of aromatic hydroxyl groups is 1. The minimum absolute atomic E-state index is 0.0737. The van der Waals surface area contributed by atoms with Crippen LogP contribution in [0, 0.1) is 0 Å². The first-order chi connectivity index (χ1) is 10.7. The van der Waals surface area contributed by atoms with Crippen molar-refractivity contribution >= 4 is 0 Å². The second-order valence-electron chi connectivity index (χ2n) is 5.15. The third kappa shape index (κ3) is 2.38. The number of hydrogen-bond acceptors (Lipinski definition) is 5. The molecule has 0 bridgehead atoms. The lowest BCUT2D eigenvalue weighted by Crippen LogP contribution is -2.36. The van der Waals surface area contributed by atoms with Gasteiger partial charge >= 0.3 is 0 Å². The van der Waals surface area contributed by atoms with E-state index in [1.54, 1.807) is 6.07 Å². The van der Waals surface area contributed by atoms with Crippen LogP contribution in [0.15, 0.2) is 42.5 Å². The van der Waals surface area contributed by atoms with Crippen LogP contribution >= 0.6 is 0 Å². The fourth-order valence-electron chi connectivity index (χ4n) is 2.79. The van der Waals surface area contributed by atoms with E-state index in [1.807, 2.05) is 30.3 Å². The van der Waals surface area contributed by atoms with Crippen molar-refractivity contribution in [2.75, 3.05) is 14.2 Å². The molecule has 1 aliphatic heterocycles. The van der Waals surface area contributed by atoms with Gasteiger partial charge in [-0.1, -0.05) is 30.3 Å². The quantitative estimate of drug-likeness (QED) is 0.912. The highest BCUT2D eigenvalue weighted by atomic mass is 16.6. The van der Waals surface area contributed by atoms with Gasteiger partial charge in [0.2, 0.25) is 0 Å². The topological polar surface area (TPSA) is 68.2 Å². The van der Waals surface area contributed by atoms with Crippen LogP contribution < -0.4 is 9.47 Å². The highest BCUT2D eigenvalue weighted by Gasteiger charge is 2.40. The number of phenols is 1. The smallest absolute Gasteiger partial charge is 0.153 e. The molecule has 116 valence electrons. The van der Waals surface area contributed by atoms with E-state index in [0.29, 0.717) is 17.1 Å². The molecule has 5 nitrogen and oxygen atoms in total. The van der Waals surface area contributed by atoms with Crippen LogP contribution in [0.5, 0.6) is 17.2 Å². The van der Waals surface area contributed by atoms with Gasteiger partial charge in [0.25, 0.3) is 0 Å². The van der Waals surface area contributed by atoms with Crippen molar-refractivity contribution in [3.8, 4) is 17.2 Å². The maximum atomic E-state index is 10.6. The first-order valence-corrected chi connectivity index (χ1v) is 6.99. The Morgan fingerprint density at radius 1 is 1.09 bits per heavy atom. The zero-order valence-electron chi connectivity index (χ0n) is 12.4. The molecular formula is C17H18O5. The van der Waals surface area contributed by atoms with Gasteiger partial charge in [0.15, 0.2) is 6.10 Å². The van der Waals surface area contributed by atoms with Crippen molar-refractivity contribution in [1.82, 2.24) is 0 Å². The summed E-state index contributed by atoms with van der Waals surface area (Å²) in [5.41, 5.74) is 1.21. The molecule has 2 aromatic carbocycles. The summed E-state index contributed by atoms with van der Waals surface area (Å²) >= 11 is 0. The van der Waals surface area contributed by atoms with Gasteiger partial charge in [-0.2, -0.15) is 0 Å². The molecule has 0 aliphatic carbocycles. The van der Waals surface area contributed by atoms with Crippen molar-refractivity contribution in [3.63, 3.8) is 0 Å². The SMILES string of the molecule is COc1cc(O)c2c(c1)O[C@H](c1ccccc1)[C@H](OC)[C@@H]2O. The van der Waals surface area contributed by atoms with E-state index < -0.39 is 18.3 Å². The average molecular weight is 302 g/mol. The molecule has 5 heteroatoms. The average Bonchev–Trinajstić information content (AvgIpc) is 2.54. The molecule has 0 saturated heterocycles. The fraction of sp³-hybridized carbons (Fsp3) is 0.294. The summed E-state index contributed by atoms with van der Waals surface area (Å²) in [5.74, 6) is 0.785. The largest absolute Gasteiger partial charge is 0.507 e. The lowest BCUT2D eigenvalue weighted by molar-refractivity contribution is -0.0923. The normalized spacial score (nSPS) is 23.5. The monoisotopic (exact) mass is 302 g/mol.